The van der Waals surface area contributed by atoms with Crippen LogP contribution in [0.3, 0.4) is 0 Å². The van der Waals surface area contributed by atoms with E-state index in [2.05, 4.69) is 39.7 Å². The zero-order valence-corrected chi connectivity index (χ0v) is 37.7. The normalized spacial score (nSPS) is 24.5. The summed E-state index contributed by atoms with van der Waals surface area (Å²) >= 11 is 6.84. The zero-order valence-electron chi connectivity index (χ0n) is 36.9. The maximum absolute atomic E-state index is 14.4. The van der Waals surface area contributed by atoms with E-state index in [1.54, 1.807) is 6.20 Å². The number of likely N-dealkylation sites (tertiary alicyclic amines) is 2. The second-order valence-corrected chi connectivity index (χ2v) is 17.8. The number of aromatic nitrogens is 4. The lowest BCUT2D eigenvalue weighted by Gasteiger charge is -2.36. The fourth-order valence-corrected chi connectivity index (χ4v) is 10.3. The molecule has 0 saturated carbocycles. The van der Waals surface area contributed by atoms with Gasteiger partial charge < -0.3 is 49.3 Å². The van der Waals surface area contributed by atoms with Crippen LogP contribution in [0.25, 0.3) is 33.6 Å². The van der Waals surface area contributed by atoms with Gasteiger partial charge in [0.15, 0.2) is 0 Å². The highest BCUT2D eigenvalue weighted by molar-refractivity contribution is 6.31. The molecule has 0 radical (unpaired) electrons. The number of hydrogen-bond donors (Lipinski definition) is 4. The molecule has 4 N–H and O–H groups in total. The van der Waals surface area contributed by atoms with E-state index in [9.17, 15) is 19.2 Å². The Morgan fingerprint density at radius 3 is 1.81 bits per heavy atom. The molecule has 342 valence electrons. The summed E-state index contributed by atoms with van der Waals surface area (Å²) in [6.45, 7) is 6.18. The number of ether oxygens (including phenoxy) is 4. The highest BCUT2D eigenvalue weighted by Crippen LogP contribution is 2.41. The van der Waals surface area contributed by atoms with Gasteiger partial charge in [0, 0.05) is 42.7 Å². The Bertz CT molecular complexity index is 2250. The molecule has 4 aliphatic heterocycles. The van der Waals surface area contributed by atoms with E-state index in [1.807, 2.05) is 53.1 Å². The number of carbonyl (C=O) groups is 4. The van der Waals surface area contributed by atoms with Crippen LogP contribution < -0.4 is 10.6 Å². The van der Waals surface area contributed by atoms with Gasteiger partial charge in [-0.25, -0.2) is 19.6 Å². The lowest BCUT2D eigenvalue weighted by atomic mass is 9.92. The lowest BCUT2D eigenvalue weighted by Crippen LogP contribution is -2.55. The number of carbonyl (C=O) groups excluding carboxylic acids is 4. The number of rotatable bonds is 12. The van der Waals surface area contributed by atoms with Gasteiger partial charge in [-0.1, -0.05) is 67.1 Å². The summed E-state index contributed by atoms with van der Waals surface area (Å²) in [5.41, 5.74) is 5.25. The van der Waals surface area contributed by atoms with Gasteiger partial charge in [-0.15, -0.1) is 0 Å². The van der Waals surface area contributed by atoms with Crippen LogP contribution in [0.1, 0.15) is 95.4 Å². The Morgan fingerprint density at radius 2 is 1.27 bits per heavy atom. The van der Waals surface area contributed by atoms with E-state index in [0.717, 1.165) is 79.3 Å². The van der Waals surface area contributed by atoms with Gasteiger partial charge in [0.05, 0.1) is 51.4 Å². The Balaban J connectivity index is 0.953. The van der Waals surface area contributed by atoms with Crippen molar-refractivity contribution in [2.24, 2.45) is 11.8 Å². The topological polar surface area (TPSA) is 193 Å². The first-order valence-corrected chi connectivity index (χ1v) is 23.0. The number of benzene rings is 2. The van der Waals surface area contributed by atoms with E-state index in [0.29, 0.717) is 55.3 Å². The lowest BCUT2D eigenvalue weighted by molar-refractivity contribution is -0.140. The van der Waals surface area contributed by atoms with E-state index < -0.39 is 24.3 Å². The number of nitrogens with one attached hydrogen (secondary N) is 4. The Morgan fingerprint density at radius 1 is 0.734 bits per heavy atom. The second kappa shape index (κ2) is 20.2. The van der Waals surface area contributed by atoms with Gasteiger partial charge in [-0.05, 0) is 81.4 Å². The molecule has 2 aromatic heterocycles. The van der Waals surface area contributed by atoms with Crippen molar-refractivity contribution in [3.63, 3.8) is 0 Å². The third kappa shape index (κ3) is 9.50. The molecule has 8 unspecified atom stereocenters. The van der Waals surface area contributed by atoms with E-state index in [4.69, 9.17) is 40.5 Å². The Labute approximate surface area is 378 Å². The van der Waals surface area contributed by atoms with Crippen molar-refractivity contribution in [3.05, 3.63) is 71.5 Å². The molecule has 0 spiro atoms. The number of amides is 4. The van der Waals surface area contributed by atoms with Gasteiger partial charge in [0.1, 0.15) is 34.6 Å². The summed E-state index contributed by atoms with van der Waals surface area (Å²) in [6.07, 6.45) is 7.53. The SMILES string of the molecule is CCC1CCC(c2nc(-c3ccc(-c4ccc(-c5cnc(C6CCC(C)N6C(=O)C(NC(=O)OC)C6CCCOC6)[nH]5)cc4)cc3)c(Cl)[nH]2)N1C(=O)C(NC(=O)OC)C1CCCOC1. The summed E-state index contributed by atoms with van der Waals surface area (Å²) in [5.74, 6) is 0.684. The third-order valence-electron chi connectivity index (χ3n) is 13.5. The molecule has 2 aromatic carbocycles. The van der Waals surface area contributed by atoms with Crippen molar-refractivity contribution in [1.29, 1.82) is 0 Å². The average Bonchev–Trinajstić information content (AvgIpc) is 4.16. The van der Waals surface area contributed by atoms with Gasteiger partial charge in [-0.2, -0.15) is 0 Å². The third-order valence-corrected chi connectivity index (χ3v) is 13.8. The minimum absolute atomic E-state index is 0.0207. The molecule has 4 aliphatic rings. The van der Waals surface area contributed by atoms with Crippen molar-refractivity contribution in [1.82, 2.24) is 40.4 Å². The molecule has 16 nitrogen and oxygen atoms in total. The zero-order chi connectivity index (χ0) is 44.9. The van der Waals surface area contributed by atoms with E-state index >= 15 is 0 Å². The highest BCUT2D eigenvalue weighted by atomic mass is 35.5. The van der Waals surface area contributed by atoms with E-state index in [-0.39, 0.29) is 47.8 Å². The maximum Gasteiger partial charge on any atom is 0.407 e. The van der Waals surface area contributed by atoms with Crippen LogP contribution in [-0.4, -0.2) is 119 Å². The Hall–Kier alpha value is -5.45. The first-order valence-electron chi connectivity index (χ1n) is 22.6. The highest BCUT2D eigenvalue weighted by Gasteiger charge is 2.45. The van der Waals surface area contributed by atoms with Crippen LogP contribution in [0, 0.1) is 11.8 Å². The number of imidazole rings is 2. The summed E-state index contributed by atoms with van der Waals surface area (Å²) in [6, 6.07) is 14.1. The van der Waals surface area contributed by atoms with Crippen LogP contribution in [0.15, 0.2) is 54.7 Å². The van der Waals surface area contributed by atoms with Crippen molar-refractivity contribution >= 4 is 35.6 Å². The monoisotopic (exact) mass is 898 g/mol. The van der Waals surface area contributed by atoms with E-state index in [1.165, 1.54) is 14.2 Å². The molecule has 6 heterocycles. The fourth-order valence-electron chi connectivity index (χ4n) is 10.1. The fraction of sp³-hybridized carbons (Fsp3) is 0.532. The molecule has 0 bridgehead atoms. The molecule has 4 fully saturated rings. The maximum atomic E-state index is 14.4. The Kier molecular flexibility index (Phi) is 14.2. The molecule has 4 amide bonds. The average molecular weight is 899 g/mol. The largest absolute Gasteiger partial charge is 0.453 e. The molecule has 4 aromatic rings. The van der Waals surface area contributed by atoms with Crippen molar-refractivity contribution < 1.29 is 38.1 Å². The quantitative estimate of drug-likeness (QED) is 0.110. The molecule has 8 atom stereocenters. The van der Waals surface area contributed by atoms with Gasteiger partial charge in [-0.3, -0.25) is 9.59 Å². The van der Waals surface area contributed by atoms with Crippen LogP contribution in [0.5, 0.6) is 0 Å². The predicted molar refractivity (Wildman–Crippen MR) is 239 cm³/mol. The summed E-state index contributed by atoms with van der Waals surface area (Å²) in [5, 5.41) is 6.01. The van der Waals surface area contributed by atoms with Gasteiger partial charge >= 0.3 is 12.2 Å². The molecule has 4 saturated heterocycles. The van der Waals surface area contributed by atoms with Crippen molar-refractivity contribution in [2.75, 3.05) is 40.6 Å². The van der Waals surface area contributed by atoms with Crippen LogP contribution in [0.2, 0.25) is 5.15 Å². The number of H-pyrrole nitrogens is 2. The standard InChI is InChI=1S/C47H59ClN8O8/c1-5-34-19-21-37(56(34)45(58)40(53-47(60)62-4)33-9-7-23-64-26-33)43-51-38(41(48)54-43)31-17-13-29(14-18-31)28-11-15-30(16-12-28)35-24-49-42(50-35)36-20-10-27(2)55(36)44(57)39(52-46(59)61-3)32-8-6-22-63-25-32/h11-18,24,27,32-34,36-37,39-40H,5-10,19-23,25-26H2,1-4H3,(H,49,50)(H,51,54)(H,52,59)(H,53,60). The molecule has 8 rings (SSSR count). The summed E-state index contributed by atoms with van der Waals surface area (Å²) in [7, 11) is 2.60. The molecular weight excluding hydrogens is 840 g/mol. The molecule has 64 heavy (non-hydrogen) atoms. The minimum atomic E-state index is -0.783. The van der Waals surface area contributed by atoms with Crippen LogP contribution in [-0.2, 0) is 28.5 Å². The number of hydrogen-bond acceptors (Lipinski definition) is 10. The summed E-state index contributed by atoms with van der Waals surface area (Å²) in [4.78, 5) is 73.6. The number of methoxy groups -OCH3 is 2. The minimum Gasteiger partial charge on any atom is -0.453 e. The first-order chi connectivity index (χ1) is 31.1. The van der Waals surface area contributed by atoms with Gasteiger partial charge in [0.25, 0.3) is 0 Å². The first kappa shape index (κ1) is 45.1. The molecule has 17 heteroatoms. The van der Waals surface area contributed by atoms with Crippen molar-refractivity contribution in [3.8, 4) is 33.6 Å². The number of aromatic amines is 2. The second-order valence-electron chi connectivity index (χ2n) is 17.4. The van der Waals surface area contributed by atoms with Crippen molar-refractivity contribution in [2.45, 2.75) is 108 Å². The smallest absolute Gasteiger partial charge is 0.407 e. The predicted octanol–water partition coefficient (Wildman–Crippen LogP) is 7.58. The number of alkyl carbamates (subject to hydrolysis) is 2. The van der Waals surface area contributed by atoms with Crippen LogP contribution in [0.4, 0.5) is 9.59 Å². The number of nitrogens with zero attached hydrogens (tertiary/aromatic N) is 4. The molecule has 0 aliphatic carbocycles. The number of halogens is 1. The summed E-state index contributed by atoms with van der Waals surface area (Å²) < 4.78 is 21.2. The van der Waals surface area contributed by atoms with Gasteiger partial charge in [0.2, 0.25) is 11.8 Å². The molecular formula is C47H59ClN8O8. The van der Waals surface area contributed by atoms with Crippen LogP contribution >= 0.6 is 11.6 Å².